The van der Waals surface area contributed by atoms with Gasteiger partial charge in [-0.05, 0) is 31.7 Å². The zero-order valence-electron chi connectivity index (χ0n) is 12.5. The molecule has 4 heteroatoms. The summed E-state index contributed by atoms with van der Waals surface area (Å²) in [5, 5.41) is 8.16. The quantitative estimate of drug-likeness (QED) is 0.745. The van der Waals surface area contributed by atoms with Crippen LogP contribution in [0.4, 0.5) is 0 Å². The van der Waals surface area contributed by atoms with Gasteiger partial charge in [0.25, 0.3) is 0 Å². The minimum absolute atomic E-state index is 0.386. The van der Waals surface area contributed by atoms with Gasteiger partial charge in [-0.1, -0.05) is 26.7 Å². The lowest BCUT2D eigenvalue weighted by molar-refractivity contribution is 0.377. The van der Waals surface area contributed by atoms with Gasteiger partial charge < -0.3 is 10.1 Å². The number of hydrogen-bond acceptors (Lipinski definition) is 3. The maximum absolute atomic E-state index is 5.51. The van der Waals surface area contributed by atoms with Crippen LogP contribution in [0.15, 0.2) is 6.20 Å². The summed E-state index contributed by atoms with van der Waals surface area (Å²) in [4.78, 5) is 0. The number of nitrogens with zero attached hydrogens (tertiary/aromatic N) is 2. The molecule has 1 aliphatic rings. The number of rotatable bonds is 9. The molecule has 0 aliphatic heterocycles. The van der Waals surface area contributed by atoms with E-state index in [1.807, 2.05) is 6.20 Å². The monoisotopic (exact) mass is 265 g/mol. The highest BCUT2D eigenvalue weighted by atomic mass is 16.5. The Hall–Kier alpha value is -1.03. The fourth-order valence-corrected chi connectivity index (χ4v) is 2.57. The Kier molecular flexibility index (Phi) is 5.25. The summed E-state index contributed by atoms with van der Waals surface area (Å²) in [6.45, 7) is 6.42. The third-order valence-corrected chi connectivity index (χ3v) is 3.74. The van der Waals surface area contributed by atoms with Crippen molar-refractivity contribution in [1.29, 1.82) is 0 Å². The topological polar surface area (TPSA) is 39.1 Å². The van der Waals surface area contributed by atoms with Crippen LogP contribution in [-0.4, -0.2) is 23.4 Å². The number of nitrogens with one attached hydrogen (secondary N) is 1. The van der Waals surface area contributed by atoms with Crippen LogP contribution in [0.3, 0.4) is 0 Å². The van der Waals surface area contributed by atoms with E-state index in [4.69, 9.17) is 4.74 Å². The molecule has 1 saturated carbocycles. The summed E-state index contributed by atoms with van der Waals surface area (Å²) < 4.78 is 7.63. The van der Waals surface area contributed by atoms with Crippen LogP contribution in [0.2, 0.25) is 0 Å². The lowest BCUT2D eigenvalue weighted by Gasteiger charge is -2.21. The van der Waals surface area contributed by atoms with Crippen molar-refractivity contribution in [3.05, 3.63) is 11.9 Å². The Morgan fingerprint density at radius 1 is 1.42 bits per heavy atom. The summed E-state index contributed by atoms with van der Waals surface area (Å²) in [6.07, 6.45) is 8.10. The minimum Gasteiger partial charge on any atom is -0.493 e. The van der Waals surface area contributed by atoms with Crippen LogP contribution in [-0.2, 0) is 6.54 Å². The van der Waals surface area contributed by atoms with Gasteiger partial charge in [0.15, 0.2) is 5.75 Å². The van der Waals surface area contributed by atoms with E-state index in [2.05, 4.69) is 28.9 Å². The number of ether oxygens (including phenoxy) is 1. The molecule has 1 heterocycles. The van der Waals surface area contributed by atoms with E-state index in [0.717, 1.165) is 37.6 Å². The summed E-state index contributed by atoms with van der Waals surface area (Å²) in [6, 6.07) is 0.386. The van der Waals surface area contributed by atoms with Gasteiger partial charge in [-0.15, -0.1) is 0 Å². The minimum atomic E-state index is 0.386. The fourth-order valence-electron chi connectivity index (χ4n) is 2.57. The van der Waals surface area contributed by atoms with E-state index in [1.54, 1.807) is 7.11 Å². The van der Waals surface area contributed by atoms with Gasteiger partial charge >= 0.3 is 0 Å². The molecule has 0 aromatic carbocycles. The molecule has 108 valence electrons. The van der Waals surface area contributed by atoms with Crippen LogP contribution in [0, 0.1) is 5.92 Å². The maximum Gasteiger partial charge on any atom is 0.161 e. The van der Waals surface area contributed by atoms with Crippen LogP contribution in [0.25, 0.3) is 0 Å². The molecule has 2 rings (SSSR count). The first-order chi connectivity index (χ1) is 9.30. The van der Waals surface area contributed by atoms with Gasteiger partial charge in [-0.2, -0.15) is 5.10 Å². The molecule has 4 nitrogen and oxygen atoms in total. The van der Waals surface area contributed by atoms with Crippen molar-refractivity contribution < 1.29 is 4.74 Å². The average molecular weight is 265 g/mol. The van der Waals surface area contributed by atoms with E-state index in [0.29, 0.717) is 6.04 Å². The zero-order valence-corrected chi connectivity index (χ0v) is 12.5. The maximum atomic E-state index is 5.51. The molecular formula is C15H27N3O. The van der Waals surface area contributed by atoms with Gasteiger partial charge in [-0.25, -0.2) is 0 Å². The Balaban J connectivity index is 2.18. The van der Waals surface area contributed by atoms with Crippen LogP contribution in [0.1, 0.15) is 57.7 Å². The molecule has 0 radical (unpaired) electrons. The lowest BCUT2D eigenvalue weighted by atomic mass is 10.1. The summed E-state index contributed by atoms with van der Waals surface area (Å²) in [7, 11) is 1.74. The van der Waals surface area contributed by atoms with Gasteiger partial charge in [-0.3, -0.25) is 4.68 Å². The van der Waals surface area contributed by atoms with Crippen molar-refractivity contribution in [2.24, 2.45) is 5.92 Å². The fraction of sp³-hybridized carbons (Fsp3) is 0.800. The summed E-state index contributed by atoms with van der Waals surface area (Å²) in [5.41, 5.74) is 1.24. The Morgan fingerprint density at radius 2 is 2.21 bits per heavy atom. The molecule has 19 heavy (non-hydrogen) atoms. The van der Waals surface area contributed by atoms with Crippen molar-refractivity contribution >= 4 is 0 Å². The first-order valence-corrected chi connectivity index (χ1v) is 7.63. The molecule has 0 bridgehead atoms. The second kappa shape index (κ2) is 6.94. The molecule has 1 unspecified atom stereocenters. The second-order valence-corrected chi connectivity index (χ2v) is 5.51. The molecule has 1 N–H and O–H groups in total. The Labute approximate surface area is 116 Å². The SMILES string of the molecule is CCCNC(CC1CC1)c1c(OC)cnn1CCC. The van der Waals surface area contributed by atoms with E-state index >= 15 is 0 Å². The van der Waals surface area contributed by atoms with Crippen molar-refractivity contribution in [2.45, 2.75) is 58.5 Å². The van der Waals surface area contributed by atoms with Gasteiger partial charge in [0, 0.05) is 6.54 Å². The van der Waals surface area contributed by atoms with E-state index < -0.39 is 0 Å². The number of hydrogen-bond donors (Lipinski definition) is 1. The standard InChI is InChI=1S/C15H27N3O/c1-4-8-16-13(10-12-6-7-12)15-14(19-3)11-17-18(15)9-5-2/h11-13,16H,4-10H2,1-3H3. The van der Waals surface area contributed by atoms with Crippen molar-refractivity contribution in [3.8, 4) is 5.75 Å². The van der Waals surface area contributed by atoms with E-state index in [-0.39, 0.29) is 0 Å². The third kappa shape index (κ3) is 3.72. The molecular weight excluding hydrogens is 238 g/mol. The van der Waals surface area contributed by atoms with Crippen molar-refractivity contribution in [1.82, 2.24) is 15.1 Å². The molecule has 1 aliphatic carbocycles. The highest BCUT2D eigenvalue weighted by molar-refractivity contribution is 5.28. The normalized spacial score (nSPS) is 16.6. The largest absolute Gasteiger partial charge is 0.493 e. The summed E-state index contributed by atoms with van der Waals surface area (Å²) >= 11 is 0. The zero-order chi connectivity index (χ0) is 13.7. The molecule has 1 fully saturated rings. The van der Waals surface area contributed by atoms with Crippen LogP contribution < -0.4 is 10.1 Å². The number of aromatic nitrogens is 2. The molecule has 0 amide bonds. The Morgan fingerprint density at radius 3 is 2.79 bits per heavy atom. The first kappa shape index (κ1) is 14.4. The van der Waals surface area contributed by atoms with Crippen LogP contribution in [0.5, 0.6) is 5.75 Å². The summed E-state index contributed by atoms with van der Waals surface area (Å²) in [5.74, 6) is 1.83. The molecule has 1 atom stereocenters. The number of aryl methyl sites for hydroxylation is 1. The van der Waals surface area contributed by atoms with Crippen LogP contribution >= 0.6 is 0 Å². The smallest absolute Gasteiger partial charge is 0.161 e. The van der Waals surface area contributed by atoms with Crippen molar-refractivity contribution in [2.75, 3.05) is 13.7 Å². The predicted molar refractivity (Wildman–Crippen MR) is 77.4 cm³/mol. The second-order valence-electron chi connectivity index (χ2n) is 5.51. The lowest BCUT2D eigenvalue weighted by Crippen LogP contribution is -2.26. The highest BCUT2D eigenvalue weighted by Crippen LogP contribution is 2.39. The predicted octanol–water partition coefficient (Wildman–Crippen LogP) is 3.14. The molecule has 0 saturated heterocycles. The molecule has 1 aromatic rings. The van der Waals surface area contributed by atoms with Gasteiger partial charge in [0.2, 0.25) is 0 Å². The van der Waals surface area contributed by atoms with E-state index in [1.165, 1.54) is 25.0 Å². The first-order valence-electron chi connectivity index (χ1n) is 7.63. The molecule has 1 aromatic heterocycles. The molecule has 0 spiro atoms. The average Bonchev–Trinajstić information content (AvgIpc) is 3.15. The van der Waals surface area contributed by atoms with E-state index in [9.17, 15) is 0 Å². The third-order valence-electron chi connectivity index (χ3n) is 3.74. The Bertz CT molecular complexity index is 385. The number of methoxy groups -OCH3 is 1. The van der Waals surface area contributed by atoms with Gasteiger partial charge in [0.1, 0.15) is 0 Å². The van der Waals surface area contributed by atoms with Gasteiger partial charge in [0.05, 0.1) is 25.0 Å². The highest BCUT2D eigenvalue weighted by Gasteiger charge is 2.29. The van der Waals surface area contributed by atoms with Crippen molar-refractivity contribution in [3.63, 3.8) is 0 Å².